The highest BCUT2D eigenvalue weighted by Gasteiger charge is 2.66. The highest BCUT2D eigenvalue weighted by molar-refractivity contribution is 6.71. The summed E-state index contributed by atoms with van der Waals surface area (Å²) in [5.74, 6) is -0.445. The Hall–Kier alpha value is -5.54. The minimum atomic E-state index is -3.10. The number of rotatable bonds is 12. The summed E-state index contributed by atoms with van der Waals surface area (Å²) in [6.45, 7) is 6.06. The molecular formula is C44H50N4O9Si. The Balaban J connectivity index is 1.20. The van der Waals surface area contributed by atoms with E-state index < -0.39 is 31.5 Å². The van der Waals surface area contributed by atoms with Crippen molar-refractivity contribution in [1.82, 2.24) is 4.90 Å². The molecule has 4 aromatic rings. The van der Waals surface area contributed by atoms with Crippen molar-refractivity contribution in [3.8, 4) is 11.5 Å². The van der Waals surface area contributed by atoms with Gasteiger partial charge in [-0.05, 0) is 110 Å². The molecule has 13 nitrogen and oxygen atoms in total. The summed E-state index contributed by atoms with van der Waals surface area (Å²) < 4.78 is 17.4. The van der Waals surface area contributed by atoms with Crippen LogP contribution in [0.1, 0.15) is 58.0 Å². The fraction of sp³-hybridized carbons (Fsp3) is 0.364. The van der Waals surface area contributed by atoms with E-state index in [4.69, 9.17) is 14.2 Å². The number of hydrogen-bond acceptors (Lipinski definition) is 9. The highest BCUT2D eigenvalue weighted by Crippen LogP contribution is 2.60. The number of nitrogens with zero attached hydrogens (tertiary/aromatic N) is 2. The van der Waals surface area contributed by atoms with E-state index in [1.165, 1.54) is 0 Å². The number of ether oxygens (including phenoxy) is 3. The van der Waals surface area contributed by atoms with Gasteiger partial charge in [0.15, 0.2) is 13.9 Å². The van der Waals surface area contributed by atoms with E-state index in [2.05, 4.69) is 10.6 Å². The lowest BCUT2D eigenvalue weighted by Gasteiger charge is -2.33. The van der Waals surface area contributed by atoms with Gasteiger partial charge in [-0.1, -0.05) is 19.1 Å². The number of likely N-dealkylation sites (tertiary alicyclic amines) is 1. The van der Waals surface area contributed by atoms with Crippen LogP contribution in [0.25, 0.3) is 0 Å². The number of carbonyl (C=O) groups is 4. The number of aliphatic hydroxyl groups is 1. The van der Waals surface area contributed by atoms with Gasteiger partial charge in [0.05, 0.1) is 51.6 Å². The standard InChI is InChI=1S/C44H50N4O9Si/c1-27-40(58(4,5)54)38(24-39(50)47-22-6-7-33(47)26-49)57-44(27)36-23-32(46-42(52)30-12-19-35(56-3)20-13-30)16-21-37(36)48(43(44)53)25-28-8-14-31(15-9-28)45-41(51)29-10-17-34(55-2)18-11-29/h8-21,23,27,33,38,40,49,54H,6-7,22,24-26H2,1-5H3,(H,45,51)(H,46,52)/t27-,33+,38+,40-,44+/m1/s1. The van der Waals surface area contributed by atoms with Gasteiger partial charge in [-0.3, -0.25) is 19.2 Å². The number of nitrogens with one attached hydrogen (secondary N) is 2. The number of benzene rings is 4. The van der Waals surface area contributed by atoms with Gasteiger partial charge in [0, 0.05) is 46.1 Å². The second kappa shape index (κ2) is 16.4. The molecule has 0 saturated carbocycles. The van der Waals surface area contributed by atoms with Crippen molar-refractivity contribution in [3.05, 3.63) is 113 Å². The normalized spacial score (nSPS) is 22.6. The predicted octanol–water partition coefficient (Wildman–Crippen LogP) is 5.93. The van der Waals surface area contributed by atoms with Crippen molar-refractivity contribution in [2.24, 2.45) is 5.92 Å². The van der Waals surface area contributed by atoms with Gasteiger partial charge in [0.2, 0.25) is 5.91 Å². The molecule has 1 spiro atoms. The molecule has 4 aromatic carbocycles. The van der Waals surface area contributed by atoms with Crippen LogP contribution in [0, 0.1) is 5.92 Å². The van der Waals surface area contributed by atoms with Crippen molar-refractivity contribution in [3.63, 3.8) is 0 Å². The molecule has 2 fully saturated rings. The first-order valence-electron chi connectivity index (χ1n) is 19.5. The lowest BCUT2D eigenvalue weighted by Crippen LogP contribution is -2.46. The van der Waals surface area contributed by atoms with Crippen LogP contribution in [0.4, 0.5) is 17.1 Å². The second-order valence-corrected chi connectivity index (χ2v) is 19.8. The number of methoxy groups -OCH3 is 2. The molecule has 7 rings (SSSR count). The average molecular weight is 807 g/mol. The summed E-state index contributed by atoms with van der Waals surface area (Å²) in [7, 11) is 0.0122. The van der Waals surface area contributed by atoms with E-state index in [1.54, 1.807) is 116 Å². The van der Waals surface area contributed by atoms with Gasteiger partial charge in [0.25, 0.3) is 17.7 Å². The minimum Gasteiger partial charge on any atom is -0.497 e. The van der Waals surface area contributed by atoms with Gasteiger partial charge < -0.3 is 44.5 Å². The lowest BCUT2D eigenvalue weighted by atomic mass is 9.82. The van der Waals surface area contributed by atoms with Gasteiger partial charge in [-0.15, -0.1) is 0 Å². The highest BCUT2D eigenvalue weighted by atomic mass is 28.4. The van der Waals surface area contributed by atoms with Crippen molar-refractivity contribution in [2.75, 3.05) is 42.9 Å². The topological polar surface area (TPSA) is 167 Å². The van der Waals surface area contributed by atoms with E-state index in [1.807, 2.05) is 19.1 Å². The first-order chi connectivity index (χ1) is 27.8. The van der Waals surface area contributed by atoms with Crippen LogP contribution in [0.3, 0.4) is 0 Å². The SMILES string of the molecule is COc1ccc(C(=O)Nc2ccc(CN3C(=O)[C@@]4(O[C@@H](CC(=O)N5CCC[C@H]5CO)[C@H]([Si](C)(C)O)[C@H]4C)c4cc(NC(=O)c5ccc(OC)cc5)ccc43)cc2)cc1. The average Bonchev–Trinajstić information content (AvgIpc) is 3.88. The molecule has 14 heteroatoms. The molecule has 0 aliphatic carbocycles. The van der Waals surface area contributed by atoms with Crippen molar-refractivity contribution < 1.29 is 43.3 Å². The van der Waals surface area contributed by atoms with E-state index in [0.29, 0.717) is 58.2 Å². The lowest BCUT2D eigenvalue weighted by molar-refractivity contribution is -0.150. The number of anilines is 3. The van der Waals surface area contributed by atoms with E-state index in [0.717, 1.165) is 12.0 Å². The van der Waals surface area contributed by atoms with Crippen LogP contribution >= 0.6 is 0 Å². The number of amides is 4. The van der Waals surface area contributed by atoms with Gasteiger partial charge in [-0.2, -0.15) is 0 Å². The summed E-state index contributed by atoms with van der Waals surface area (Å²) in [6, 6.07) is 25.8. The molecule has 0 aromatic heterocycles. The maximum absolute atomic E-state index is 15.1. The van der Waals surface area contributed by atoms with Crippen LogP contribution in [0.15, 0.2) is 91.0 Å². The van der Waals surface area contributed by atoms with Crippen LogP contribution in [-0.2, 0) is 26.5 Å². The summed E-state index contributed by atoms with van der Waals surface area (Å²) in [4.78, 5) is 70.4. The molecular weight excluding hydrogens is 757 g/mol. The van der Waals surface area contributed by atoms with Crippen molar-refractivity contribution in [2.45, 2.75) is 69.1 Å². The zero-order chi connectivity index (χ0) is 41.4. The zero-order valence-corrected chi connectivity index (χ0v) is 34.4. The quantitative estimate of drug-likeness (QED) is 0.127. The molecule has 3 aliphatic rings. The molecule has 0 bridgehead atoms. The molecule has 0 radical (unpaired) electrons. The van der Waals surface area contributed by atoms with Crippen molar-refractivity contribution in [1.29, 1.82) is 0 Å². The summed E-state index contributed by atoms with van der Waals surface area (Å²) in [5.41, 5.74) is 1.73. The van der Waals surface area contributed by atoms with Crippen LogP contribution < -0.4 is 25.0 Å². The number of fused-ring (bicyclic) bond motifs is 2. The number of carbonyl (C=O) groups excluding carboxylic acids is 4. The molecule has 58 heavy (non-hydrogen) atoms. The Kier molecular flexibility index (Phi) is 11.5. The molecule has 2 saturated heterocycles. The Labute approximate surface area is 339 Å². The van der Waals surface area contributed by atoms with Crippen LogP contribution in [0.5, 0.6) is 11.5 Å². The molecule has 5 atom stereocenters. The molecule has 4 N–H and O–H groups in total. The van der Waals surface area contributed by atoms with E-state index in [-0.39, 0.29) is 49.2 Å². The first-order valence-corrected chi connectivity index (χ1v) is 22.6. The second-order valence-electron chi connectivity index (χ2n) is 15.8. The maximum Gasteiger partial charge on any atom is 0.264 e. The number of aliphatic hydroxyl groups excluding tert-OH is 1. The molecule has 3 heterocycles. The molecule has 304 valence electrons. The monoisotopic (exact) mass is 806 g/mol. The smallest absolute Gasteiger partial charge is 0.264 e. The van der Waals surface area contributed by atoms with E-state index >= 15 is 4.79 Å². The zero-order valence-electron chi connectivity index (χ0n) is 33.4. The Morgan fingerprint density at radius 3 is 1.98 bits per heavy atom. The van der Waals surface area contributed by atoms with Crippen molar-refractivity contribution >= 4 is 49.0 Å². The Morgan fingerprint density at radius 2 is 1.43 bits per heavy atom. The first kappa shape index (κ1) is 40.6. The number of hydrogen-bond donors (Lipinski definition) is 4. The molecule has 4 amide bonds. The van der Waals surface area contributed by atoms with Gasteiger partial charge in [-0.25, -0.2) is 0 Å². The fourth-order valence-electron chi connectivity index (χ4n) is 8.92. The third-order valence-corrected chi connectivity index (χ3v) is 14.3. The third kappa shape index (κ3) is 7.72. The van der Waals surface area contributed by atoms with Crippen LogP contribution in [0.2, 0.25) is 18.6 Å². The predicted molar refractivity (Wildman–Crippen MR) is 222 cm³/mol. The maximum atomic E-state index is 15.1. The van der Waals surface area contributed by atoms with E-state index in [9.17, 15) is 24.3 Å². The molecule has 0 unspecified atom stereocenters. The van der Waals surface area contributed by atoms with Crippen LogP contribution in [-0.4, -0.2) is 86.3 Å². The van der Waals surface area contributed by atoms with Gasteiger partial charge in [0.1, 0.15) is 11.5 Å². The molecule has 3 aliphatic heterocycles. The summed E-state index contributed by atoms with van der Waals surface area (Å²) in [5, 5.41) is 15.8. The fourth-order valence-corrected chi connectivity index (χ4v) is 11.5. The summed E-state index contributed by atoms with van der Waals surface area (Å²) >= 11 is 0. The summed E-state index contributed by atoms with van der Waals surface area (Å²) in [6.07, 6.45) is 0.662. The Bertz CT molecular complexity index is 2180. The minimum absolute atomic E-state index is 0.0511. The van der Waals surface area contributed by atoms with Gasteiger partial charge >= 0.3 is 0 Å². The largest absolute Gasteiger partial charge is 0.497 e. The third-order valence-electron chi connectivity index (χ3n) is 11.8. The Morgan fingerprint density at radius 1 is 0.862 bits per heavy atom.